The summed E-state index contributed by atoms with van der Waals surface area (Å²) in [5.74, 6) is 0.916. The van der Waals surface area contributed by atoms with Crippen molar-refractivity contribution < 1.29 is 9.47 Å². The topological polar surface area (TPSA) is 30.5 Å². The van der Waals surface area contributed by atoms with E-state index in [9.17, 15) is 0 Å². The minimum atomic E-state index is -0.158. The molecule has 17 heavy (non-hydrogen) atoms. The van der Waals surface area contributed by atoms with Crippen molar-refractivity contribution in [3.63, 3.8) is 0 Å². The third-order valence-corrected chi connectivity index (χ3v) is 3.11. The van der Waals surface area contributed by atoms with Gasteiger partial charge in [-0.2, -0.15) is 0 Å². The third kappa shape index (κ3) is 3.72. The highest BCUT2D eigenvalue weighted by atomic mass is 16.5. The molecule has 3 nitrogen and oxygen atoms in total. The molecule has 0 saturated heterocycles. The molecule has 0 heterocycles. The molecule has 0 spiro atoms. The Morgan fingerprint density at radius 3 is 2.41 bits per heavy atom. The Morgan fingerprint density at radius 2 is 1.88 bits per heavy atom. The van der Waals surface area contributed by atoms with Crippen LogP contribution in [0.1, 0.15) is 31.9 Å². The summed E-state index contributed by atoms with van der Waals surface area (Å²) in [5.41, 5.74) is 1.01. The molecule has 0 fully saturated rings. The molecule has 3 heteroatoms. The molecule has 96 valence electrons. The number of hydrogen-bond acceptors (Lipinski definition) is 3. The van der Waals surface area contributed by atoms with Crippen molar-refractivity contribution in [2.24, 2.45) is 0 Å². The van der Waals surface area contributed by atoms with Gasteiger partial charge in [-0.3, -0.25) is 0 Å². The van der Waals surface area contributed by atoms with Crippen LogP contribution < -0.4 is 10.1 Å². The van der Waals surface area contributed by atoms with Gasteiger partial charge in [0.25, 0.3) is 0 Å². The molecule has 1 aromatic rings. The Bertz CT molecular complexity index is 350. The van der Waals surface area contributed by atoms with E-state index in [1.807, 2.05) is 25.2 Å². The first-order valence-corrected chi connectivity index (χ1v) is 5.89. The second kappa shape index (κ2) is 6.03. The Balaban J connectivity index is 2.93. The molecule has 1 unspecified atom stereocenters. The first-order valence-electron chi connectivity index (χ1n) is 5.89. The van der Waals surface area contributed by atoms with Gasteiger partial charge in [0, 0.05) is 18.7 Å². The van der Waals surface area contributed by atoms with E-state index in [1.54, 1.807) is 14.2 Å². The summed E-state index contributed by atoms with van der Waals surface area (Å²) >= 11 is 0. The molecule has 1 aromatic carbocycles. The van der Waals surface area contributed by atoms with E-state index in [1.165, 1.54) is 5.56 Å². The van der Waals surface area contributed by atoms with Crippen LogP contribution >= 0.6 is 0 Å². The average molecular weight is 237 g/mol. The van der Waals surface area contributed by atoms with E-state index in [-0.39, 0.29) is 11.6 Å². The summed E-state index contributed by atoms with van der Waals surface area (Å²) in [6.07, 6.45) is 0.889. The molecular weight excluding hydrogens is 214 g/mol. The average Bonchev–Trinajstić information content (AvgIpc) is 2.36. The van der Waals surface area contributed by atoms with Gasteiger partial charge in [-0.25, -0.2) is 0 Å². The van der Waals surface area contributed by atoms with Crippen molar-refractivity contribution in [3.05, 3.63) is 29.8 Å². The number of nitrogens with one attached hydrogen (secondary N) is 1. The van der Waals surface area contributed by atoms with Crippen LogP contribution in [0.4, 0.5) is 0 Å². The molecule has 1 N–H and O–H groups in total. The highest BCUT2D eigenvalue weighted by Crippen LogP contribution is 2.31. The van der Waals surface area contributed by atoms with Crippen LogP contribution in [0.25, 0.3) is 0 Å². The lowest BCUT2D eigenvalue weighted by molar-refractivity contribution is 0.00728. The fourth-order valence-corrected chi connectivity index (χ4v) is 1.90. The van der Waals surface area contributed by atoms with Gasteiger partial charge in [0.15, 0.2) is 0 Å². The highest BCUT2D eigenvalue weighted by Gasteiger charge is 2.24. The molecular formula is C14H23NO2. The maximum atomic E-state index is 5.48. The van der Waals surface area contributed by atoms with Crippen LogP contribution in [0, 0.1) is 0 Å². The smallest absolute Gasteiger partial charge is 0.123 e. The van der Waals surface area contributed by atoms with Crippen molar-refractivity contribution >= 4 is 0 Å². The fraction of sp³-hybridized carbons (Fsp3) is 0.571. The summed E-state index contributed by atoms with van der Waals surface area (Å²) < 4.78 is 10.9. The van der Waals surface area contributed by atoms with Crippen LogP contribution in [0.2, 0.25) is 0 Å². The molecule has 0 bridgehead atoms. The van der Waals surface area contributed by atoms with E-state index in [0.717, 1.165) is 12.2 Å². The zero-order chi connectivity index (χ0) is 12.9. The zero-order valence-corrected chi connectivity index (χ0v) is 11.4. The van der Waals surface area contributed by atoms with E-state index in [2.05, 4.69) is 25.2 Å². The number of ether oxygens (including phenoxy) is 2. The standard InChI is InChI=1S/C14H23NO2/c1-14(2,17-5)10-12(15-3)11-8-6-7-9-13(11)16-4/h6-9,12,15H,10H2,1-5H3. The summed E-state index contributed by atoms with van der Waals surface area (Å²) in [4.78, 5) is 0. The molecule has 0 radical (unpaired) electrons. The summed E-state index contributed by atoms with van der Waals surface area (Å²) in [6, 6.07) is 8.31. The number of methoxy groups -OCH3 is 2. The maximum absolute atomic E-state index is 5.48. The monoisotopic (exact) mass is 237 g/mol. The van der Waals surface area contributed by atoms with Crippen LogP contribution in [-0.2, 0) is 4.74 Å². The number of para-hydroxylation sites is 1. The van der Waals surface area contributed by atoms with E-state index < -0.39 is 0 Å². The molecule has 0 saturated carbocycles. The maximum Gasteiger partial charge on any atom is 0.123 e. The minimum absolute atomic E-state index is 0.158. The van der Waals surface area contributed by atoms with E-state index in [4.69, 9.17) is 9.47 Å². The van der Waals surface area contributed by atoms with Gasteiger partial charge < -0.3 is 14.8 Å². The van der Waals surface area contributed by atoms with Gasteiger partial charge >= 0.3 is 0 Å². The summed E-state index contributed by atoms with van der Waals surface area (Å²) in [6.45, 7) is 4.18. The quantitative estimate of drug-likeness (QED) is 0.825. The Hall–Kier alpha value is -1.06. The first kappa shape index (κ1) is 14.0. The third-order valence-electron chi connectivity index (χ3n) is 3.11. The minimum Gasteiger partial charge on any atom is -0.496 e. The Morgan fingerprint density at radius 1 is 1.24 bits per heavy atom. The number of hydrogen-bond donors (Lipinski definition) is 1. The predicted molar refractivity (Wildman–Crippen MR) is 70.5 cm³/mol. The summed E-state index contributed by atoms with van der Waals surface area (Å²) in [5, 5.41) is 3.32. The van der Waals surface area contributed by atoms with Crippen molar-refractivity contribution in [3.8, 4) is 5.75 Å². The molecule has 0 aliphatic rings. The summed E-state index contributed by atoms with van der Waals surface area (Å²) in [7, 11) is 5.41. The molecule has 0 aliphatic heterocycles. The van der Waals surface area contributed by atoms with Gasteiger partial charge in [0.05, 0.1) is 12.7 Å². The lowest BCUT2D eigenvalue weighted by atomic mass is 9.93. The van der Waals surface area contributed by atoms with Crippen LogP contribution in [0.5, 0.6) is 5.75 Å². The van der Waals surface area contributed by atoms with Gasteiger partial charge in [-0.15, -0.1) is 0 Å². The van der Waals surface area contributed by atoms with Crippen molar-refractivity contribution in [1.29, 1.82) is 0 Å². The first-order chi connectivity index (χ1) is 8.04. The molecule has 0 aliphatic carbocycles. The lowest BCUT2D eigenvalue weighted by Crippen LogP contribution is -2.30. The second-order valence-electron chi connectivity index (χ2n) is 4.75. The molecule has 1 atom stereocenters. The van der Waals surface area contributed by atoms with Crippen LogP contribution in [-0.4, -0.2) is 26.9 Å². The zero-order valence-electron chi connectivity index (χ0n) is 11.4. The normalized spacial score (nSPS) is 13.5. The largest absolute Gasteiger partial charge is 0.496 e. The van der Waals surface area contributed by atoms with Gasteiger partial charge in [-0.05, 0) is 33.4 Å². The van der Waals surface area contributed by atoms with Crippen molar-refractivity contribution in [2.45, 2.75) is 31.9 Å². The van der Waals surface area contributed by atoms with Gasteiger partial charge in [-0.1, -0.05) is 18.2 Å². The van der Waals surface area contributed by atoms with Crippen LogP contribution in [0.3, 0.4) is 0 Å². The highest BCUT2D eigenvalue weighted by molar-refractivity contribution is 5.36. The van der Waals surface area contributed by atoms with Gasteiger partial charge in [0.1, 0.15) is 5.75 Å². The lowest BCUT2D eigenvalue weighted by Gasteiger charge is -2.29. The van der Waals surface area contributed by atoms with Crippen LogP contribution in [0.15, 0.2) is 24.3 Å². The number of benzene rings is 1. The van der Waals surface area contributed by atoms with E-state index >= 15 is 0 Å². The molecule has 0 aromatic heterocycles. The molecule has 1 rings (SSSR count). The molecule has 0 amide bonds. The predicted octanol–water partition coefficient (Wildman–Crippen LogP) is 2.77. The second-order valence-corrected chi connectivity index (χ2v) is 4.75. The fourth-order valence-electron chi connectivity index (χ4n) is 1.90. The van der Waals surface area contributed by atoms with Crippen molar-refractivity contribution in [1.82, 2.24) is 5.32 Å². The SMILES string of the molecule is CNC(CC(C)(C)OC)c1ccccc1OC. The van der Waals surface area contributed by atoms with Gasteiger partial charge in [0.2, 0.25) is 0 Å². The number of rotatable bonds is 6. The van der Waals surface area contributed by atoms with Crippen molar-refractivity contribution in [2.75, 3.05) is 21.3 Å². The Labute approximate surface area is 104 Å². The Kier molecular flexibility index (Phi) is 4.97. The van der Waals surface area contributed by atoms with E-state index in [0.29, 0.717) is 0 Å².